The maximum atomic E-state index is 11.1. The van der Waals surface area contributed by atoms with Gasteiger partial charge in [0.2, 0.25) is 0 Å². The number of hydrogen-bond donors (Lipinski definition) is 0. The van der Waals surface area contributed by atoms with Crippen LogP contribution in [0, 0.1) is 0 Å². The van der Waals surface area contributed by atoms with Crippen LogP contribution in [-0.4, -0.2) is 25.2 Å². The van der Waals surface area contributed by atoms with Gasteiger partial charge in [0.15, 0.2) is 6.10 Å². The molecule has 0 rings (SSSR count). The van der Waals surface area contributed by atoms with E-state index in [1.807, 2.05) is 6.92 Å². The van der Waals surface area contributed by atoms with Gasteiger partial charge < -0.3 is 9.47 Å². The van der Waals surface area contributed by atoms with E-state index >= 15 is 0 Å². The Hall–Kier alpha value is -1.06. The molecule has 4 heteroatoms. The third kappa shape index (κ3) is 5.22. The molecule has 0 radical (unpaired) electrons. The van der Waals surface area contributed by atoms with Gasteiger partial charge in [-0.1, -0.05) is 13.3 Å². The molecule has 0 amide bonds. The SMILES string of the molecule is CCCC[C@@H](OC(C)=O)C(=O)OC. The maximum absolute atomic E-state index is 11.1. The number of methoxy groups -OCH3 is 1. The van der Waals surface area contributed by atoms with Crippen molar-refractivity contribution in [3.8, 4) is 0 Å². The molecule has 1 atom stereocenters. The molecule has 0 saturated heterocycles. The highest BCUT2D eigenvalue weighted by Gasteiger charge is 2.21. The molecule has 4 nitrogen and oxygen atoms in total. The Labute approximate surface area is 78.2 Å². The summed E-state index contributed by atoms with van der Waals surface area (Å²) >= 11 is 0. The lowest BCUT2D eigenvalue weighted by molar-refractivity contribution is -0.165. The predicted octanol–water partition coefficient (Wildman–Crippen LogP) is 1.28. The first-order chi connectivity index (χ1) is 6.11. The highest BCUT2D eigenvalue weighted by atomic mass is 16.6. The minimum atomic E-state index is -0.734. The zero-order valence-electron chi connectivity index (χ0n) is 8.33. The molecule has 0 spiro atoms. The Kier molecular flexibility index (Phi) is 5.93. The second kappa shape index (κ2) is 6.46. The van der Waals surface area contributed by atoms with Crippen LogP contribution in [0.4, 0.5) is 0 Å². The monoisotopic (exact) mass is 188 g/mol. The molecule has 0 aromatic rings. The average Bonchev–Trinajstić information content (AvgIpc) is 2.10. The van der Waals surface area contributed by atoms with Crippen molar-refractivity contribution in [3.63, 3.8) is 0 Å². The average molecular weight is 188 g/mol. The molecule has 0 unspecified atom stereocenters. The van der Waals surface area contributed by atoms with Gasteiger partial charge in [0.25, 0.3) is 0 Å². The molecule has 0 N–H and O–H groups in total. The van der Waals surface area contributed by atoms with Crippen LogP contribution >= 0.6 is 0 Å². The summed E-state index contributed by atoms with van der Waals surface area (Å²) in [6, 6.07) is 0. The Bertz CT molecular complexity index is 176. The zero-order chi connectivity index (χ0) is 10.3. The Balaban J connectivity index is 4.02. The Morgan fingerprint density at radius 1 is 1.38 bits per heavy atom. The number of rotatable bonds is 5. The van der Waals surface area contributed by atoms with Crippen molar-refractivity contribution in [1.82, 2.24) is 0 Å². The van der Waals surface area contributed by atoms with Crippen LogP contribution in [0.3, 0.4) is 0 Å². The zero-order valence-corrected chi connectivity index (χ0v) is 8.33. The fraction of sp³-hybridized carbons (Fsp3) is 0.778. The summed E-state index contributed by atoms with van der Waals surface area (Å²) in [5.41, 5.74) is 0. The van der Waals surface area contributed by atoms with Gasteiger partial charge in [0.1, 0.15) is 0 Å². The molecule has 0 bridgehead atoms. The molecule has 0 aromatic heterocycles. The molecule has 0 saturated carbocycles. The molecular weight excluding hydrogens is 172 g/mol. The van der Waals surface area contributed by atoms with E-state index in [4.69, 9.17) is 4.74 Å². The standard InChI is InChI=1S/C9H16O4/c1-4-5-6-8(9(11)12-3)13-7(2)10/h8H,4-6H2,1-3H3/t8-/m1/s1. The largest absolute Gasteiger partial charge is 0.466 e. The van der Waals surface area contributed by atoms with Crippen LogP contribution < -0.4 is 0 Å². The van der Waals surface area contributed by atoms with E-state index in [1.165, 1.54) is 14.0 Å². The number of carbonyl (C=O) groups is 2. The van der Waals surface area contributed by atoms with Gasteiger partial charge >= 0.3 is 11.9 Å². The van der Waals surface area contributed by atoms with Crippen molar-refractivity contribution in [3.05, 3.63) is 0 Å². The maximum Gasteiger partial charge on any atom is 0.347 e. The third-order valence-corrected chi connectivity index (χ3v) is 1.59. The summed E-state index contributed by atoms with van der Waals surface area (Å²) in [5.74, 6) is -0.935. The van der Waals surface area contributed by atoms with Gasteiger partial charge in [-0.15, -0.1) is 0 Å². The summed E-state index contributed by atoms with van der Waals surface area (Å²) in [6.45, 7) is 3.28. The summed E-state index contributed by atoms with van der Waals surface area (Å²) in [5, 5.41) is 0. The fourth-order valence-corrected chi connectivity index (χ4v) is 0.946. The van der Waals surface area contributed by atoms with Crippen LogP contribution in [0.2, 0.25) is 0 Å². The van der Waals surface area contributed by atoms with Crippen LogP contribution in [0.25, 0.3) is 0 Å². The predicted molar refractivity (Wildman–Crippen MR) is 47.1 cm³/mol. The molecule has 0 aromatic carbocycles. The van der Waals surface area contributed by atoms with Crippen LogP contribution in [-0.2, 0) is 19.1 Å². The van der Waals surface area contributed by atoms with E-state index in [0.29, 0.717) is 6.42 Å². The lowest BCUT2D eigenvalue weighted by Gasteiger charge is -2.13. The molecule has 0 aliphatic carbocycles. The number of carbonyl (C=O) groups excluding carboxylic acids is 2. The Morgan fingerprint density at radius 2 is 2.00 bits per heavy atom. The van der Waals surface area contributed by atoms with E-state index in [-0.39, 0.29) is 0 Å². The Morgan fingerprint density at radius 3 is 2.38 bits per heavy atom. The third-order valence-electron chi connectivity index (χ3n) is 1.59. The highest BCUT2D eigenvalue weighted by molar-refractivity contribution is 5.78. The van der Waals surface area contributed by atoms with Gasteiger partial charge in [-0.3, -0.25) is 4.79 Å². The fourth-order valence-electron chi connectivity index (χ4n) is 0.946. The van der Waals surface area contributed by atoms with Crippen LogP contribution in [0.1, 0.15) is 33.1 Å². The van der Waals surface area contributed by atoms with Gasteiger partial charge in [-0.2, -0.15) is 0 Å². The second-order valence-corrected chi connectivity index (χ2v) is 2.76. The van der Waals surface area contributed by atoms with Gasteiger partial charge in [0.05, 0.1) is 7.11 Å². The van der Waals surface area contributed by atoms with E-state index in [0.717, 1.165) is 12.8 Å². The number of unbranched alkanes of at least 4 members (excludes halogenated alkanes) is 1. The lowest BCUT2D eigenvalue weighted by Crippen LogP contribution is -2.27. The lowest BCUT2D eigenvalue weighted by atomic mass is 10.1. The first kappa shape index (κ1) is 11.9. The van der Waals surface area contributed by atoms with Crippen LogP contribution in [0.5, 0.6) is 0 Å². The van der Waals surface area contributed by atoms with Gasteiger partial charge in [-0.05, 0) is 12.8 Å². The summed E-state index contributed by atoms with van der Waals surface area (Å²) in [4.78, 5) is 21.7. The van der Waals surface area contributed by atoms with E-state index in [9.17, 15) is 9.59 Å². The topological polar surface area (TPSA) is 52.6 Å². The summed E-state index contributed by atoms with van der Waals surface area (Å²) in [6.07, 6.45) is 1.59. The minimum Gasteiger partial charge on any atom is -0.466 e. The van der Waals surface area contributed by atoms with Crippen molar-refractivity contribution >= 4 is 11.9 Å². The van der Waals surface area contributed by atoms with Crippen molar-refractivity contribution in [2.24, 2.45) is 0 Å². The van der Waals surface area contributed by atoms with Gasteiger partial charge in [-0.25, -0.2) is 4.79 Å². The first-order valence-electron chi connectivity index (χ1n) is 4.36. The molecule has 0 aliphatic rings. The molecule has 0 heterocycles. The minimum absolute atomic E-state index is 0.452. The molecule has 13 heavy (non-hydrogen) atoms. The first-order valence-corrected chi connectivity index (χ1v) is 4.36. The smallest absolute Gasteiger partial charge is 0.347 e. The summed E-state index contributed by atoms with van der Waals surface area (Å²) in [7, 11) is 1.28. The molecule has 0 aliphatic heterocycles. The second-order valence-electron chi connectivity index (χ2n) is 2.76. The van der Waals surface area contributed by atoms with Crippen molar-refractivity contribution in [2.75, 3.05) is 7.11 Å². The summed E-state index contributed by atoms with van der Waals surface area (Å²) < 4.78 is 9.29. The van der Waals surface area contributed by atoms with Crippen LogP contribution in [0.15, 0.2) is 0 Å². The highest BCUT2D eigenvalue weighted by Crippen LogP contribution is 2.06. The number of hydrogen-bond acceptors (Lipinski definition) is 4. The quantitative estimate of drug-likeness (QED) is 0.610. The van der Waals surface area contributed by atoms with E-state index in [1.54, 1.807) is 0 Å². The number of ether oxygens (including phenoxy) is 2. The van der Waals surface area contributed by atoms with Gasteiger partial charge in [0, 0.05) is 6.92 Å². The van der Waals surface area contributed by atoms with E-state index < -0.39 is 18.0 Å². The van der Waals surface area contributed by atoms with Crippen molar-refractivity contribution in [1.29, 1.82) is 0 Å². The van der Waals surface area contributed by atoms with Crippen molar-refractivity contribution < 1.29 is 19.1 Å². The number of esters is 2. The van der Waals surface area contributed by atoms with Crippen molar-refractivity contribution in [2.45, 2.75) is 39.2 Å². The molecule has 76 valence electrons. The normalized spacial score (nSPS) is 11.9. The van der Waals surface area contributed by atoms with E-state index in [2.05, 4.69) is 4.74 Å². The molecule has 0 fully saturated rings. The molecular formula is C9H16O4.